The summed E-state index contributed by atoms with van der Waals surface area (Å²) in [5, 5.41) is 0. The van der Waals surface area contributed by atoms with Crippen LogP contribution in [-0.4, -0.2) is 13.7 Å². The van der Waals surface area contributed by atoms with Crippen molar-refractivity contribution in [1.82, 2.24) is 0 Å². The molecule has 0 amide bonds. The average molecular weight is 219 g/mol. The zero-order valence-corrected chi connectivity index (χ0v) is 10.4. The highest BCUT2D eigenvalue weighted by atomic mass is 16.5. The minimum absolute atomic E-state index is 0.135. The Morgan fingerprint density at radius 3 is 2.38 bits per heavy atom. The van der Waals surface area contributed by atoms with Crippen molar-refractivity contribution in [3.8, 4) is 5.75 Å². The molecule has 0 saturated heterocycles. The van der Waals surface area contributed by atoms with Crippen LogP contribution in [-0.2, 0) is 5.41 Å². The van der Waals surface area contributed by atoms with Gasteiger partial charge in [-0.15, -0.1) is 0 Å². The summed E-state index contributed by atoms with van der Waals surface area (Å²) in [7, 11) is 1.73. The molecular formula is C14H21NO. The maximum atomic E-state index is 5.99. The summed E-state index contributed by atoms with van der Waals surface area (Å²) >= 11 is 0. The first-order valence-electron chi connectivity index (χ1n) is 5.87. The SMILES string of the molecule is COc1ccccc1C1(CN)CC(C)(C)C1. The lowest BCUT2D eigenvalue weighted by atomic mass is 9.52. The third-order valence-corrected chi connectivity index (χ3v) is 3.70. The molecule has 0 spiro atoms. The van der Waals surface area contributed by atoms with E-state index in [-0.39, 0.29) is 5.41 Å². The number of para-hydroxylation sites is 1. The summed E-state index contributed by atoms with van der Waals surface area (Å²) < 4.78 is 5.44. The van der Waals surface area contributed by atoms with Gasteiger partial charge in [0.25, 0.3) is 0 Å². The molecule has 0 bridgehead atoms. The highest BCUT2D eigenvalue weighted by Gasteiger charge is 2.50. The Balaban J connectivity index is 2.35. The molecule has 2 rings (SSSR count). The standard InChI is InChI=1S/C14H21NO/c1-13(2)8-14(9-13,10-15)11-6-4-5-7-12(11)16-3/h4-7H,8-10,15H2,1-3H3. The van der Waals surface area contributed by atoms with Gasteiger partial charge in [-0.2, -0.15) is 0 Å². The third-order valence-electron chi connectivity index (χ3n) is 3.70. The van der Waals surface area contributed by atoms with Crippen LogP contribution in [0.25, 0.3) is 0 Å². The molecule has 1 aromatic carbocycles. The van der Waals surface area contributed by atoms with Crippen molar-refractivity contribution in [1.29, 1.82) is 0 Å². The van der Waals surface area contributed by atoms with Crippen molar-refractivity contribution in [2.75, 3.05) is 13.7 Å². The fourth-order valence-corrected chi connectivity index (χ4v) is 3.31. The predicted octanol–water partition coefficient (Wildman–Crippen LogP) is 2.71. The van der Waals surface area contributed by atoms with Crippen LogP contribution in [0.4, 0.5) is 0 Å². The maximum absolute atomic E-state index is 5.99. The van der Waals surface area contributed by atoms with Crippen LogP contribution in [0.2, 0.25) is 0 Å². The van der Waals surface area contributed by atoms with Gasteiger partial charge in [0.1, 0.15) is 5.75 Å². The van der Waals surface area contributed by atoms with Crippen molar-refractivity contribution in [3.63, 3.8) is 0 Å². The summed E-state index contributed by atoms with van der Waals surface area (Å²) in [5.41, 5.74) is 7.82. The normalized spacial score (nSPS) is 21.2. The Kier molecular flexibility index (Phi) is 2.70. The smallest absolute Gasteiger partial charge is 0.122 e. The molecule has 88 valence electrons. The molecule has 1 fully saturated rings. The van der Waals surface area contributed by atoms with Crippen molar-refractivity contribution in [2.24, 2.45) is 11.1 Å². The van der Waals surface area contributed by atoms with E-state index >= 15 is 0 Å². The lowest BCUT2D eigenvalue weighted by Crippen LogP contribution is -2.51. The van der Waals surface area contributed by atoms with E-state index in [1.165, 1.54) is 5.56 Å². The van der Waals surface area contributed by atoms with Gasteiger partial charge in [-0.05, 0) is 24.3 Å². The van der Waals surface area contributed by atoms with Crippen LogP contribution in [0.3, 0.4) is 0 Å². The molecule has 0 aromatic heterocycles. The van der Waals surface area contributed by atoms with E-state index in [9.17, 15) is 0 Å². The second-order valence-corrected chi connectivity index (χ2v) is 5.70. The minimum Gasteiger partial charge on any atom is -0.496 e. The number of hydrogen-bond donors (Lipinski definition) is 1. The Hall–Kier alpha value is -1.02. The number of rotatable bonds is 3. The van der Waals surface area contributed by atoms with E-state index in [4.69, 9.17) is 10.5 Å². The average Bonchev–Trinajstić information content (AvgIpc) is 2.25. The molecule has 0 atom stereocenters. The van der Waals surface area contributed by atoms with Gasteiger partial charge in [-0.3, -0.25) is 0 Å². The summed E-state index contributed by atoms with van der Waals surface area (Å²) in [4.78, 5) is 0. The lowest BCUT2D eigenvalue weighted by molar-refractivity contribution is 0.0614. The van der Waals surface area contributed by atoms with Gasteiger partial charge in [-0.1, -0.05) is 32.0 Å². The van der Waals surface area contributed by atoms with Gasteiger partial charge in [0.05, 0.1) is 7.11 Å². The van der Waals surface area contributed by atoms with Crippen LogP contribution < -0.4 is 10.5 Å². The fourth-order valence-electron chi connectivity index (χ4n) is 3.31. The first-order valence-corrected chi connectivity index (χ1v) is 5.87. The van der Waals surface area contributed by atoms with Crippen molar-refractivity contribution < 1.29 is 4.74 Å². The molecule has 1 aliphatic carbocycles. The molecule has 16 heavy (non-hydrogen) atoms. The Bertz CT molecular complexity index is 376. The zero-order valence-electron chi connectivity index (χ0n) is 10.4. The van der Waals surface area contributed by atoms with E-state index in [1.807, 2.05) is 12.1 Å². The van der Waals surface area contributed by atoms with Crippen LogP contribution in [0.15, 0.2) is 24.3 Å². The quantitative estimate of drug-likeness (QED) is 0.848. The van der Waals surface area contributed by atoms with Crippen LogP contribution in [0, 0.1) is 5.41 Å². The number of hydrogen-bond acceptors (Lipinski definition) is 2. The van der Waals surface area contributed by atoms with Gasteiger partial charge < -0.3 is 10.5 Å². The van der Waals surface area contributed by atoms with Crippen LogP contribution >= 0.6 is 0 Å². The number of ether oxygens (including phenoxy) is 1. The van der Waals surface area contributed by atoms with Gasteiger partial charge in [0, 0.05) is 17.5 Å². The molecule has 2 heteroatoms. The molecule has 1 aliphatic rings. The van der Waals surface area contributed by atoms with E-state index in [0.717, 1.165) is 18.6 Å². The Morgan fingerprint density at radius 1 is 1.25 bits per heavy atom. The van der Waals surface area contributed by atoms with Gasteiger partial charge in [0.2, 0.25) is 0 Å². The van der Waals surface area contributed by atoms with Crippen LogP contribution in [0.5, 0.6) is 5.75 Å². The minimum atomic E-state index is 0.135. The van der Waals surface area contributed by atoms with E-state index in [1.54, 1.807) is 7.11 Å². The number of benzene rings is 1. The molecule has 1 saturated carbocycles. The summed E-state index contributed by atoms with van der Waals surface area (Å²) in [6.45, 7) is 5.31. The van der Waals surface area contributed by atoms with E-state index in [0.29, 0.717) is 12.0 Å². The van der Waals surface area contributed by atoms with E-state index in [2.05, 4.69) is 26.0 Å². The third kappa shape index (κ3) is 1.71. The second-order valence-electron chi connectivity index (χ2n) is 5.70. The zero-order chi connectivity index (χ0) is 11.8. The molecule has 1 aromatic rings. The molecular weight excluding hydrogens is 198 g/mol. The fraction of sp³-hybridized carbons (Fsp3) is 0.571. The van der Waals surface area contributed by atoms with Gasteiger partial charge in [-0.25, -0.2) is 0 Å². The molecule has 2 N–H and O–H groups in total. The predicted molar refractivity (Wildman–Crippen MR) is 66.7 cm³/mol. The molecule has 0 unspecified atom stereocenters. The van der Waals surface area contributed by atoms with Crippen molar-refractivity contribution in [2.45, 2.75) is 32.1 Å². The lowest BCUT2D eigenvalue weighted by Gasteiger charge is -2.53. The summed E-state index contributed by atoms with van der Waals surface area (Å²) in [6, 6.07) is 8.26. The maximum Gasteiger partial charge on any atom is 0.122 e. The highest BCUT2D eigenvalue weighted by Crippen LogP contribution is 2.56. The molecule has 0 aliphatic heterocycles. The molecule has 0 heterocycles. The highest BCUT2D eigenvalue weighted by molar-refractivity contribution is 5.42. The van der Waals surface area contributed by atoms with E-state index < -0.39 is 0 Å². The molecule has 0 radical (unpaired) electrons. The Labute approximate surface area is 97.8 Å². The summed E-state index contributed by atoms with van der Waals surface area (Å²) in [6.07, 6.45) is 2.30. The van der Waals surface area contributed by atoms with Crippen molar-refractivity contribution in [3.05, 3.63) is 29.8 Å². The number of nitrogens with two attached hydrogens (primary N) is 1. The largest absolute Gasteiger partial charge is 0.496 e. The first-order chi connectivity index (χ1) is 7.53. The van der Waals surface area contributed by atoms with Crippen LogP contribution in [0.1, 0.15) is 32.3 Å². The first kappa shape index (κ1) is 11.5. The van der Waals surface area contributed by atoms with Gasteiger partial charge in [0.15, 0.2) is 0 Å². The number of methoxy groups -OCH3 is 1. The topological polar surface area (TPSA) is 35.2 Å². The van der Waals surface area contributed by atoms with Crippen molar-refractivity contribution >= 4 is 0 Å². The molecule has 2 nitrogen and oxygen atoms in total. The van der Waals surface area contributed by atoms with Gasteiger partial charge >= 0.3 is 0 Å². The monoisotopic (exact) mass is 219 g/mol. The summed E-state index contributed by atoms with van der Waals surface area (Å²) in [5.74, 6) is 0.975. The Morgan fingerprint density at radius 2 is 1.88 bits per heavy atom. The second kappa shape index (κ2) is 3.77.